The molecule has 2 amide bonds. The third kappa shape index (κ3) is 4.54. The molecule has 1 saturated heterocycles. The Kier molecular flexibility index (Phi) is 7.00. The SMILES string of the molecule is C[C@H]1[C@@H]2[C@@H](O)[C@@H]([C@H](C)C(=O)N3CCCC3)CC[C@@]2(C)CC[C@@H]1NC(=O)C1CCCCC1. The molecule has 7 atom stereocenters. The molecule has 31 heavy (non-hydrogen) atoms. The van der Waals surface area contributed by atoms with Gasteiger partial charge in [-0.05, 0) is 74.5 Å². The first-order chi connectivity index (χ1) is 14.8. The number of carbonyl (C=O) groups is 2. The molecule has 4 fully saturated rings. The lowest BCUT2D eigenvalue weighted by atomic mass is 9.51. The first kappa shape index (κ1) is 23.1. The van der Waals surface area contributed by atoms with Crippen LogP contribution in [0.3, 0.4) is 0 Å². The molecular weight excluding hydrogens is 388 g/mol. The molecular formula is C26H44N2O3. The molecule has 3 aliphatic carbocycles. The second kappa shape index (κ2) is 9.41. The molecule has 2 N–H and O–H groups in total. The highest BCUT2D eigenvalue weighted by Crippen LogP contribution is 2.55. The molecule has 0 aromatic carbocycles. The summed E-state index contributed by atoms with van der Waals surface area (Å²) in [4.78, 5) is 28.0. The first-order valence-electron chi connectivity index (χ1n) is 13.1. The summed E-state index contributed by atoms with van der Waals surface area (Å²) in [5, 5.41) is 15.0. The zero-order valence-electron chi connectivity index (χ0n) is 19.9. The summed E-state index contributed by atoms with van der Waals surface area (Å²) in [6.45, 7) is 8.34. The van der Waals surface area contributed by atoms with Crippen LogP contribution in [0.15, 0.2) is 0 Å². The van der Waals surface area contributed by atoms with E-state index in [0.717, 1.165) is 64.5 Å². The van der Waals surface area contributed by atoms with E-state index in [1.54, 1.807) is 0 Å². The van der Waals surface area contributed by atoms with Crippen LogP contribution in [0.5, 0.6) is 0 Å². The van der Waals surface area contributed by atoms with Crippen molar-refractivity contribution >= 4 is 11.8 Å². The van der Waals surface area contributed by atoms with Crippen LogP contribution >= 0.6 is 0 Å². The average Bonchev–Trinajstić information content (AvgIpc) is 3.30. The molecule has 1 heterocycles. The first-order valence-corrected chi connectivity index (χ1v) is 13.1. The Balaban J connectivity index is 1.44. The fourth-order valence-electron chi connectivity index (χ4n) is 7.57. The van der Waals surface area contributed by atoms with Gasteiger partial charge < -0.3 is 15.3 Å². The average molecular weight is 433 g/mol. The molecule has 1 aliphatic heterocycles. The van der Waals surface area contributed by atoms with Gasteiger partial charge in [-0.2, -0.15) is 0 Å². The number of carbonyl (C=O) groups excluding carboxylic acids is 2. The minimum Gasteiger partial charge on any atom is -0.392 e. The number of aliphatic hydroxyl groups is 1. The molecule has 5 heteroatoms. The van der Waals surface area contributed by atoms with E-state index in [9.17, 15) is 14.7 Å². The van der Waals surface area contributed by atoms with E-state index in [1.165, 1.54) is 19.3 Å². The zero-order valence-corrected chi connectivity index (χ0v) is 19.9. The van der Waals surface area contributed by atoms with Crippen molar-refractivity contribution in [3.05, 3.63) is 0 Å². The molecule has 5 nitrogen and oxygen atoms in total. The van der Waals surface area contributed by atoms with E-state index < -0.39 is 6.10 Å². The number of rotatable bonds is 4. The fraction of sp³-hybridized carbons (Fsp3) is 0.923. The van der Waals surface area contributed by atoms with Gasteiger partial charge in [0.2, 0.25) is 11.8 Å². The predicted molar refractivity (Wildman–Crippen MR) is 122 cm³/mol. The normalized spacial score (nSPS) is 40.3. The van der Waals surface area contributed by atoms with Gasteiger partial charge in [0.15, 0.2) is 0 Å². The summed E-state index contributed by atoms with van der Waals surface area (Å²) in [6, 6.07) is 0.144. The van der Waals surface area contributed by atoms with E-state index in [4.69, 9.17) is 0 Å². The summed E-state index contributed by atoms with van der Waals surface area (Å²) in [5.41, 5.74) is 0.109. The van der Waals surface area contributed by atoms with Crippen LogP contribution < -0.4 is 5.32 Å². The molecule has 3 saturated carbocycles. The van der Waals surface area contributed by atoms with Gasteiger partial charge in [-0.25, -0.2) is 0 Å². The van der Waals surface area contributed by atoms with Crippen molar-refractivity contribution < 1.29 is 14.7 Å². The van der Waals surface area contributed by atoms with Crippen molar-refractivity contribution in [2.24, 2.45) is 35.0 Å². The summed E-state index contributed by atoms with van der Waals surface area (Å²) in [6.07, 6.45) is 11.4. The highest BCUT2D eigenvalue weighted by atomic mass is 16.3. The molecule has 0 spiro atoms. The van der Waals surface area contributed by atoms with Gasteiger partial charge in [-0.15, -0.1) is 0 Å². The van der Waals surface area contributed by atoms with Crippen LogP contribution in [0.25, 0.3) is 0 Å². The van der Waals surface area contributed by atoms with Crippen LogP contribution in [0.1, 0.15) is 91.4 Å². The number of hydrogen-bond acceptors (Lipinski definition) is 3. The second-order valence-electron chi connectivity index (χ2n) is 11.5. The quantitative estimate of drug-likeness (QED) is 0.702. The zero-order chi connectivity index (χ0) is 22.2. The summed E-state index contributed by atoms with van der Waals surface area (Å²) < 4.78 is 0. The molecule has 4 rings (SSSR count). The van der Waals surface area contributed by atoms with Crippen molar-refractivity contribution in [2.45, 2.75) is 104 Å². The lowest BCUT2D eigenvalue weighted by Crippen LogP contribution is -2.59. The van der Waals surface area contributed by atoms with E-state index >= 15 is 0 Å². The maximum absolute atomic E-state index is 13.1. The minimum atomic E-state index is -0.468. The Labute approximate surface area is 188 Å². The largest absolute Gasteiger partial charge is 0.392 e. The van der Waals surface area contributed by atoms with Crippen LogP contribution in [0.4, 0.5) is 0 Å². The Morgan fingerprint density at radius 3 is 2.32 bits per heavy atom. The summed E-state index contributed by atoms with van der Waals surface area (Å²) >= 11 is 0. The molecule has 0 unspecified atom stereocenters. The predicted octanol–water partition coefficient (Wildman–Crippen LogP) is 4.13. The number of likely N-dealkylation sites (tertiary alicyclic amines) is 1. The smallest absolute Gasteiger partial charge is 0.225 e. The van der Waals surface area contributed by atoms with Crippen molar-refractivity contribution in [2.75, 3.05) is 13.1 Å². The van der Waals surface area contributed by atoms with Crippen molar-refractivity contribution in [1.82, 2.24) is 10.2 Å². The van der Waals surface area contributed by atoms with Crippen molar-refractivity contribution in [3.63, 3.8) is 0 Å². The van der Waals surface area contributed by atoms with Gasteiger partial charge in [0.1, 0.15) is 0 Å². The molecule has 0 aromatic rings. The van der Waals surface area contributed by atoms with Gasteiger partial charge in [0.05, 0.1) is 6.10 Å². The van der Waals surface area contributed by atoms with E-state index in [0.29, 0.717) is 0 Å². The van der Waals surface area contributed by atoms with E-state index in [-0.39, 0.29) is 52.9 Å². The monoisotopic (exact) mass is 432 g/mol. The van der Waals surface area contributed by atoms with Gasteiger partial charge in [0.25, 0.3) is 0 Å². The molecule has 0 aromatic heterocycles. The van der Waals surface area contributed by atoms with Crippen LogP contribution in [0, 0.1) is 35.0 Å². The standard InChI is InChI=1S/C26H44N2O3/c1-17(25(31)28-15-7-8-16-28)20-11-13-26(3)14-12-21(18(2)22(26)23(20)29)27-24(30)19-9-5-4-6-10-19/h17-23,29H,4-16H2,1-3H3,(H,27,30)/t17-,18+,20+,21-,22+,23-,26-/m0/s1. The van der Waals surface area contributed by atoms with Crippen LogP contribution in [-0.4, -0.2) is 47.1 Å². The van der Waals surface area contributed by atoms with Crippen LogP contribution in [0.2, 0.25) is 0 Å². The minimum absolute atomic E-state index is 0.0291. The van der Waals surface area contributed by atoms with Crippen molar-refractivity contribution in [3.8, 4) is 0 Å². The lowest BCUT2D eigenvalue weighted by molar-refractivity contribution is -0.150. The summed E-state index contributed by atoms with van der Waals surface area (Å²) in [7, 11) is 0. The Bertz CT molecular complexity index is 655. The highest BCUT2D eigenvalue weighted by molar-refractivity contribution is 5.79. The van der Waals surface area contributed by atoms with Crippen LogP contribution in [-0.2, 0) is 9.59 Å². The Morgan fingerprint density at radius 1 is 1.00 bits per heavy atom. The van der Waals surface area contributed by atoms with E-state index in [2.05, 4.69) is 19.2 Å². The van der Waals surface area contributed by atoms with Crippen molar-refractivity contribution in [1.29, 1.82) is 0 Å². The molecule has 176 valence electrons. The number of hydrogen-bond donors (Lipinski definition) is 2. The second-order valence-corrected chi connectivity index (χ2v) is 11.5. The van der Waals surface area contributed by atoms with Gasteiger partial charge in [-0.3, -0.25) is 9.59 Å². The number of fused-ring (bicyclic) bond motifs is 1. The third-order valence-corrected chi connectivity index (χ3v) is 9.64. The molecule has 4 aliphatic rings. The topological polar surface area (TPSA) is 69.6 Å². The highest BCUT2D eigenvalue weighted by Gasteiger charge is 2.54. The fourth-order valence-corrected chi connectivity index (χ4v) is 7.57. The third-order valence-electron chi connectivity index (χ3n) is 9.64. The van der Waals surface area contributed by atoms with Gasteiger partial charge in [0, 0.05) is 31.0 Å². The van der Waals surface area contributed by atoms with Gasteiger partial charge >= 0.3 is 0 Å². The Morgan fingerprint density at radius 2 is 1.65 bits per heavy atom. The maximum atomic E-state index is 13.1. The number of amides is 2. The number of nitrogens with zero attached hydrogens (tertiary/aromatic N) is 1. The number of nitrogens with one attached hydrogen (secondary N) is 1. The maximum Gasteiger partial charge on any atom is 0.225 e. The Hall–Kier alpha value is -1.10. The molecule has 0 bridgehead atoms. The number of aliphatic hydroxyl groups excluding tert-OH is 1. The van der Waals surface area contributed by atoms with Gasteiger partial charge in [-0.1, -0.05) is 40.0 Å². The van der Waals surface area contributed by atoms with E-state index in [1.807, 2.05) is 11.8 Å². The summed E-state index contributed by atoms with van der Waals surface area (Å²) in [5.74, 6) is 0.930. The lowest BCUT2D eigenvalue weighted by Gasteiger charge is -2.56. The molecule has 0 radical (unpaired) electrons.